The van der Waals surface area contributed by atoms with E-state index in [1.807, 2.05) is 0 Å². The van der Waals surface area contributed by atoms with E-state index in [4.69, 9.17) is 4.74 Å². The van der Waals surface area contributed by atoms with E-state index in [0.717, 1.165) is 6.61 Å². The number of rotatable bonds is 7. The first-order valence-electron chi connectivity index (χ1n) is 6.10. The molecule has 1 aliphatic carbocycles. The van der Waals surface area contributed by atoms with Gasteiger partial charge in [-0.1, -0.05) is 15.9 Å². The molecular weight excluding hydrogens is 301 g/mol. The average Bonchev–Trinajstić information content (AvgIpc) is 3.12. The third-order valence-electron chi connectivity index (χ3n) is 2.82. The van der Waals surface area contributed by atoms with Gasteiger partial charge in [0.05, 0.1) is 18.4 Å². The molecule has 2 N–H and O–H groups in total. The highest BCUT2D eigenvalue weighted by Gasteiger charge is 2.21. The van der Waals surface area contributed by atoms with Crippen molar-refractivity contribution in [2.75, 3.05) is 25.1 Å². The maximum atomic E-state index is 13.5. The molecule has 1 aromatic carbocycles. The number of benzene rings is 1. The summed E-state index contributed by atoms with van der Waals surface area (Å²) in [5.41, 5.74) is 0.388. The van der Waals surface area contributed by atoms with E-state index in [0.29, 0.717) is 22.7 Å². The van der Waals surface area contributed by atoms with E-state index < -0.39 is 6.10 Å². The first-order chi connectivity index (χ1) is 8.65. The van der Waals surface area contributed by atoms with Crippen molar-refractivity contribution in [1.82, 2.24) is 0 Å². The first kappa shape index (κ1) is 13.8. The Balaban J connectivity index is 1.68. The van der Waals surface area contributed by atoms with Gasteiger partial charge >= 0.3 is 0 Å². The summed E-state index contributed by atoms with van der Waals surface area (Å²) in [4.78, 5) is 0. The second-order valence-corrected chi connectivity index (χ2v) is 5.56. The number of anilines is 1. The topological polar surface area (TPSA) is 41.5 Å². The van der Waals surface area contributed by atoms with Crippen molar-refractivity contribution in [1.29, 1.82) is 0 Å². The Kier molecular flexibility index (Phi) is 4.97. The van der Waals surface area contributed by atoms with Crippen molar-refractivity contribution in [3.8, 4) is 0 Å². The quantitative estimate of drug-likeness (QED) is 0.812. The van der Waals surface area contributed by atoms with E-state index in [1.54, 1.807) is 12.1 Å². The fraction of sp³-hybridized carbons (Fsp3) is 0.538. The summed E-state index contributed by atoms with van der Waals surface area (Å²) < 4.78 is 19.5. The Bertz CT molecular complexity index is 399. The van der Waals surface area contributed by atoms with E-state index >= 15 is 0 Å². The van der Waals surface area contributed by atoms with Crippen LogP contribution in [0.25, 0.3) is 0 Å². The molecule has 100 valence electrons. The second-order valence-electron chi connectivity index (χ2n) is 4.64. The molecule has 0 bridgehead atoms. The maximum absolute atomic E-state index is 13.5. The highest BCUT2D eigenvalue weighted by Crippen LogP contribution is 2.28. The zero-order valence-electron chi connectivity index (χ0n) is 10.0. The smallest absolute Gasteiger partial charge is 0.147 e. The summed E-state index contributed by atoms with van der Waals surface area (Å²) in [5, 5.41) is 12.5. The van der Waals surface area contributed by atoms with Crippen LogP contribution in [0.4, 0.5) is 10.1 Å². The lowest BCUT2D eigenvalue weighted by molar-refractivity contribution is 0.0386. The monoisotopic (exact) mass is 317 g/mol. The predicted molar refractivity (Wildman–Crippen MR) is 72.1 cm³/mol. The molecule has 1 saturated carbocycles. The third-order valence-corrected chi connectivity index (χ3v) is 3.31. The average molecular weight is 318 g/mol. The van der Waals surface area contributed by atoms with Gasteiger partial charge in [0.1, 0.15) is 5.82 Å². The van der Waals surface area contributed by atoms with Crippen molar-refractivity contribution in [2.45, 2.75) is 18.9 Å². The standard InChI is InChI=1S/C13H17BrFNO2/c14-10-3-4-13(12(15)5-10)16-6-11(17)8-18-7-9-1-2-9/h3-5,9,11,16-17H,1-2,6-8H2. The molecule has 3 nitrogen and oxygen atoms in total. The Labute approximate surface area is 114 Å². The molecule has 1 atom stereocenters. The number of aliphatic hydroxyl groups is 1. The molecule has 0 radical (unpaired) electrons. The number of hydrogen-bond donors (Lipinski definition) is 2. The van der Waals surface area contributed by atoms with Crippen LogP contribution in [0.3, 0.4) is 0 Å². The molecule has 1 aromatic rings. The molecular formula is C13H17BrFNO2. The Hall–Kier alpha value is -0.650. The number of halogens is 2. The van der Waals surface area contributed by atoms with Crippen molar-refractivity contribution < 1.29 is 14.2 Å². The van der Waals surface area contributed by atoms with Crippen LogP contribution < -0.4 is 5.32 Å². The molecule has 1 unspecified atom stereocenters. The van der Waals surface area contributed by atoms with Crippen molar-refractivity contribution in [3.63, 3.8) is 0 Å². The van der Waals surface area contributed by atoms with Gasteiger partial charge in [-0.15, -0.1) is 0 Å². The van der Waals surface area contributed by atoms with Crippen molar-refractivity contribution in [2.24, 2.45) is 5.92 Å². The van der Waals surface area contributed by atoms with E-state index in [9.17, 15) is 9.50 Å². The van der Waals surface area contributed by atoms with E-state index in [-0.39, 0.29) is 12.4 Å². The highest BCUT2D eigenvalue weighted by molar-refractivity contribution is 9.10. The zero-order chi connectivity index (χ0) is 13.0. The fourth-order valence-electron chi connectivity index (χ4n) is 1.57. The molecule has 0 aromatic heterocycles. The minimum Gasteiger partial charge on any atom is -0.389 e. The predicted octanol–water partition coefficient (Wildman–Crippen LogP) is 2.79. The number of hydrogen-bond acceptors (Lipinski definition) is 3. The molecule has 2 rings (SSSR count). The number of nitrogens with one attached hydrogen (secondary N) is 1. The minimum atomic E-state index is -0.619. The van der Waals surface area contributed by atoms with Crippen LogP contribution in [0.15, 0.2) is 22.7 Å². The van der Waals surface area contributed by atoms with Gasteiger partial charge in [0, 0.05) is 17.6 Å². The fourth-order valence-corrected chi connectivity index (χ4v) is 1.91. The molecule has 5 heteroatoms. The van der Waals surface area contributed by atoms with Crippen LogP contribution in [-0.2, 0) is 4.74 Å². The van der Waals surface area contributed by atoms with E-state index in [1.165, 1.54) is 18.9 Å². The molecule has 0 saturated heterocycles. The SMILES string of the molecule is OC(CNc1ccc(Br)cc1F)COCC1CC1. The van der Waals surface area contributed by atoms with Gasteiger partial charge in [-0.2, -0.15) is 0 Å². The third kappa shape index (κ3) is 4.55. The molecule has 1 fully saturated rings. The van der Waals surface area contributed by atoms with Gasteiger partial charge in [-0.25, -0.2) is 4.39 Å². The van der Waals surface area contributed by atoms with Gasteiger partial charge in [0.2, 0.25) is 0 Å². The van der Waals surface area contributed by atoms with Crippen molar-refractivity contribution in [3.05, 3.63) is 28.5 Å². The number of aliphatic hydroxyl groups excluding tert-OH is 1. The first-order valence-corrected chi connectivity index (χ1v) is 6.89. The lowest BCUT2D eigenvalue weighted by atomic mass is 10.3. The highest BCUT2D eigenvalue weighted by atomic mass is 79.9. The van der Waals surface area contributed by atoms with Gasteiger partial charge in [0.25, 0.3) is 0 Å². The van der Waals surface area contributed by atoms with Crippen LogP contribution >= 0.6 is 15.9 Å². The lowest BCUT2D eigenvalue weighted by Gasteiger charge is -2.13. The van der Waals surface area contributed by atoms with Crippen LogP contribution in [0.2, 0.25) is 0 Å². The molecule has 0 amide bonds. The Morgan fingerprint density at radius 1 is 1.50 bits per heavy atom. The molecule has 0 heterocycles. The molecule has 18 heavy (non-hydrogen) atoms. The summed E-state index contributed by atoms with van der Waals surface area (Å²) in [7, 11) is 0. The van der Waals surface area contributed by atoms with Gasteiger partial charge < -0.3 is 15.2 Å². The Morgan fingerprint density at radius 3 is 2.94 bits per heavy atom. The summed E-state index contributed by atoms with van der Waals surface area (Å²) in [6.45, 7) is 1.30. The zero-order valence-corrected chi connectivity index (χ0v) is 11.6. The summed E-state index contributed by atoms with van der Waals surface area (Å²) >= 11 is 3.19. The molecule has 0 spiro atoms. The second kappa shape index (κ2) is 6.50. The summed E-state index contributed by atoms with van der Waals surface area (Å²) in [5.74, 6) is 0.351. The van der Waals surface area contributed by atoms with Crippen LogP contribution in [-0.4, -0.2) is 31.0 Å². The normalized spacial score (nSPS) is 16.6. The summed E-state index contributed by atoms with van der Waals surface area (Å²) in [6.07, 6.45) is 1.85. The molecule has 0 aliphatic heterocycles. The Morgan fingerprint density at radius 2 is 2.28 bits per heavy atom. The lowest BCUT2D eigenvalue weighted by Crippen LogP contribution is -2.25. The maximum Gasteiger partial charge on any atom is 0.147 e. The molecule has 1 aliphatic rings. The van der Waals surface area contributed by atoms with Gasteiger partial charge in [-0.3, -0.25) is 0 Å². The minimum absolute atomic E-state index is 0.281. The largest absolute Gasteiger partial charge is 0.389 e. The van der Waals surface area contributed by atoms with Gasteiger partial charge in [0.15, 0.2) is 0 Å². The number of ether oxygens (including phenoxy) is 1. The van der Waals surface area contributed by atoms with Gasteiger partial charge in [-0.05, 0) is 37.0 Å². The van der Waals surface area contributed by atoms with E-state index in [2.05, 4.69) is 21.2 Å². The van der Waals surface area contributed by atoms with Crippen LogP contribution in [0, 0.1) is 11.7 Å². The van der Waals surface area contributed by atoms with Crippen molar-refractivity contribution >= 4 is 21.6 Å². The van der Waals surface area contributed by atoms with Crippen LogP contribution in [0.5, 0.6) is 0 Å². The van der Waals surface area contributed by atoms with Crippen LogP contribution in [0.1, 0.15) is 12.8 Å². The summed E-state index contributed by atoms with van der Waals surface area (Å²) in [6, 6.07) is 4.77.